The van der Waals surface area contributed by atoms with Crippen LogP contribution in [0.2, 0.25) is 0 Å². The topological polar surface area (TPSA) is 69.7 Å². The van der Waals surface area contributed by atoms with Gasteiger partial charge in [0.15, 0.2) is 0 Å². The van der Waals surface area contributed by atoms with Crippen molar-refractivity contribution in [3.05, 3.63) is 0 Å². The van der Waals surface area contributed by atoms with Crippen LogP contribution < -0.4 is 5.32 Å². The van der Waals surface area contributed by atoms with Crippen LogP contribution in [0.1, 0.15) is 71.1 Å². The summed E-state index contributed by atoms with van der Waals surface area (Å²) in [5.74, 6) is 2.61. The van der Waals surface area contributed by atoms with Crippen LogP contribution in [0.3, 0.4) is 0 Å². The monoisotopic (exact) mass is 387 g/mol. The quantitative estimate of drug-likeness (QED) is 0.757. The van der Waals surface area contributed by atoms with E-state index in [1.807, 2.05) is 4.90 Å². The number of fused-ring (bicyclic) bond motifs is 1. The van der Waals surface area contributed by atoms with Gasteiger partial charge in [-0.2, -0.15) is 0 Å². The third-order valence-corrected chi connectivity index (χ3v) is 8.50. The highest BCUT2D eigenvalue weighted by Gasteiger charge is 2.53. The molecule has 154 valence electrons. The fraction of sp³-hybridized carbons (Fsp3) is 0.864. The molecule has 3 heterocycles. The highest BCUT2D eigenvalue weighted by molar-refractivity contribution is 6.09. The van der Waals surface area contributed by atoms with Gasteiger partial charge in [0, 0.05) is 12.6 Å². The van der Waals surface area contributed by atoms with Gasteiger partial charge >= 0.3 is 6.03 Å². The predicted molar refractivity (Wildman–Crippen MR) is 104 cm³/mol. The lowest BCUT2D eigenvalue weighted by Crippen LogP contribution is -2.51. The van der Waals surface area contributed by atoms with Gasteiger partial charge in [0.1, 0.15) is 12.1 Å². The minimum Gasteiger partial charge on any atom is -0.338 e. The normalized spacial score (nSPS) is 42.2. The number of hydrogen-bond donors (Lipinski definition) is 1. The van der Waals surface area contributed by atoms with E-state index in [4.69, 9.17) is 0 Å². The van der Waals surface area contributed by atoms with Crippen molar-refractivity contribution < 1.29 is 14.4 Å². The van der Waals surface area contributed by atoms with Crippen LogP contribution in [-0.4, -0.2) is 52.3 Å². The highest BCUT2D eigenvalue weighted by Crippen LogP contribution is 2.47. The van der Waals surface area contributed by atoms with Crippen LogP contribution in [0.15, 0.2) is 0 Å². The molecule has 0 aromatic carbocycles. The zero-order valence-corrected chi connectivity index (χ0v) is 17.0. The van der Waals surface area contributed by atoms with Crippen molar-refractivity contribution in [2.45, 2.75) is 82.7 Å². The molecule has 0 aromatic rings. The maximum atomic E-state index is 13.2. The van der Waals surface area contributed by atoms with Crippen molar-refractivity contribution in [3.63, 3.8) is 0 Å². The van der Waals surface area contributed by atoms with Gasteiger partial charge in [0.05, 0.1) is 0 Å². The predicted octanol–water partition coefficient (Wildman–Crippen LogP) is 2.91. The van der Waals surface area contributed by atoms with Gasteiger partial charge in [0.2, 0.25) is 5.91 Å². The molecule has 1 spiro atoms. The smallest absolute Gasteiger partial charge is 0.325 e. The molecule has 2 atom stereocenters. The summed E-state index contributed by atoms with van der Waals surface area (Å²) in [7, 11) is 0. The molecule has 3 saturated carbocycles. The average molecular weight is 388 g/mol. The molecule has 4 bridgehead atoms. The minimum absolute atomic E-state index is 0.0269. The summed E-state index contributed by atoms with van der Waals surface area (Å²) in [6.07, 6.45) is 10.6. The van der Waals surface area contributed by atoms with Crippen molar-refractivity contribution in [3.8, 4) is 0 Å². The van der Waals surface area contributed by atoms with E-state index in [9.17, 15) is 14.4 Å². The average Bonchev–Trinajstić information content (AvgIpc) is 2.78. The largest absolute Gasteiger partial charge is 0.338 e. The van der Waals surface area contributed by atoms with Gasteiger partial charge in [-0.25, -0.2) is 4.79 Å². The number of carbonyl (C=O) groups excluding carboxylic acids is 3. The molecule has 28 heavy (non-hydrogen) atoms. The molecular formula is C22H33N3O3. The second-order valence-electron chi connectivity index (χ2n) is 10.2. The van der Waals surface area contributed by atoms with Crippen molar-refractivity contribution in [2.24, 2.45) is 23.7 Å². The molecule has 0 radical (unpaired) electrons. The molecule has 6 nitrogen and oxygen atoms in total. The van der Waals surface area contributed by atoms with Crippen LogP contribution in [0.5, 0.6) is 0 Å². The van der Waals surface area contributed by atoms with Gasteiger partial charge in [-0.15, -0.1) is 0 Å². The Kier molecular flexibility index (Phi) is 4.44. The lowest BCUT2D eigenvalue weighted by Gasteiger charge is -2.39. The summed E-state index contributed by atoms with van der Waals surface area (Å²) >= 11 is 0. The van der Waals surface area contributed by atoms with Crippen LogP contribution >= 0.6 is 0 Å². The van der Waals surface area contributed by atoms with E-state index in [1.54, 1.807) is 0 Å². The molecule has 6 fully saturated rings. The van der Waals surface area contributed by atoms with Crippen LogP contribution in [0, 0.1) is 23.7 Å². The summed E-state index contributed by atoms with van der Waals surface area (Å²) < 4.78 is 0. The first-order valence-corrected chi connectivity index (χ1v) is 11.4. The lowest BCUT2D eigenvalue weighted by molar-refractivity contribution is -0.141. The van der Waals surface area contributed by atoms with Crippen LogP contribution in [0.25, 0.3) is 0 Å². The number of rotatable bonds is 3. The Bertz CT molecular complexity index is 671. The van der Waals surface area contributed by atoms with E-state index in [1.165, 1.54) is 24.2 Å². The molecule has 4 amide bonds. The van der Waals surface area contributed by atoms with Crippen molar-refractivity contribution >= 4 is 17.8 Å². The Morgan fingerprint density at radius 1 is 1.04 bits per heavy atom. The fourth-order valence-corrected chi connectivity index (χ4v) is 7.05. The number of imide groups is 1. The summed E-state index contributed by atoms with van der Waals surface area (Å²) in [5, 5.41) is 2.96. The van der Waals surface area contributed by atoms with Crippen molar-refractivity contribution in [1.82, 2.24) is 15.1 Å². The number of nitrogens with one attached hydrogen (secondary N) is 1. The standard InChI is InChI=1S/C22H33N3O3/c1-2-14-3-5-22(6-4-14)20(27)25(21(28)23-22)13-19(26)24-12-17-8-15-7-16(9-17)11-18(24)10-15/h14-18H,2-13H2,1H3,(H,23,28). The van der Waals surface area contributed by atoms with Gasteiger partial charge in [0.25, 0.3) is 5.91 Å². The molecule has 3 saturated heterocycles. The Labute approximate surface area is 167 Å². The van der Waals surface area contributed by atoms with Gasteiger partial charge in [-0.05, 0) is 81.5 Å². The van der Waals surface area contributed by atoms with E-state index in [2.05, 4.69) is 12.2 Å². The number of hydrogen-bond acceptors (Lipinski definition) is 3. The van der Waals surface area contributed by atoms with Crippen molar-refractivity contribution in [1.29, 1.82) is 0 Å². The Hall–Kier alpha value is -1.59. The Morgan fingerprint density at radius 3 is 2.32 bits per heavy atom. The molecule has 6 aliphatic rings. The third-order valence-electron chi connectivity index (χ3n) is 8.50. The van der Waals surface area contributed by atoms with Gasteiger partial charge in [-0.3, -0.25) is 14.5 Å². The number of urea groups is 1. The second kappa shape index (κ2) is 6.74. The Morgan fingerprint density at radius 2 is 1.68 bits per heavy atom. The minimum atomic E-state index is -0.751. The van der Waals surface area contributed by atoms with E-state index in [-0.39, 0.29) is 24.4 Å². The maximum absolute atomic E-state index is 13.2. The SMILES string of the molecule is CCC1CCC2(CC1)NC(=O)N(CC(=O)N1CC3CC4CC(C3)CC1C4)C2=O. The fourth-order valence-electron chi connectivity index (χ4n) is 7.05. The summed E-state index contributed by atoms with van der Waals surface area (Å²) in [6, 6.07) is -0.0487. The molecule has 6 rings (SSSR count). The maximum Gasteiger partial charge on any atom is 0.325 e. The van der Waals surface area contributed by atoms with Crippen LogP contribution in [0.4, 0.5) is 4.79 Å². The molecule has 3 aliphatic heterocycles. The molecule has 1 N–H and O–H groups in total. The summed E-state index contributed by atoms with van der Waals surface area (Å²) in [6.45, 7) is 2.93. The molecule has 0 aromatic heterocycles. The Balaban J connectivity index is 1.28. The number of carbonyl (C=O) groups is 3. The molecule has 2 unspecified atom stereocenters. The van der Waals surface area contributed by atoms with Gasteiger partial charge < -0.3 is 10.2 Å². The number of amides is 4. The molecular weight excluding hydrogens is 354 g/mol. The first-order chi connectivity index (χ1) is 13.5. The number of nitrogens with zero attached hydrogens (tertiary/aromatic N) is 2. The summed E-state index contributed by atoms with van der Waals surface area (Å²) in [4.78, 5) is 42.2. The first-order valence-electron chi connectivity index (χ1n) is 11.4. The highest BCUT2D eigenvalue weighted by atomic mass is 16.2. The molecule has 3 aliphatic carbocycles. The third kappa shape index (κ3) is 2.94. The van der Waals surface area contributed by atoms with E-state index >= 15 is 0 Å². The zero-order chi connectivity index (χ0) is 19.5. The molecule has 6 heteroatoms. The zero-order valence-electron chi connectivity index (χ0n) is 17.0. The van der Waals surface area contributed by atoms with E-state index in [0.717, 1.165) is 50.5 Å². The van der Waals surface area contributed by atoms with E-state index < -0.39 is 5.54 Å². The lowest BCUT2D eigenvalue weighted by atomic mass is 9.68. The van der Waals surface area contributed by atoms with Gasteiger partial charge in [-0.1, -0.05) is 13.3 Å². The van der Waals surface area contributed by atoms with E-state index in [0.29, 0.717) is 30.7 Å². The first kappa shape index (κ1) is 18.4. The second-order valence-corrected chi connectivity index (χ2v) is 10.2. The summed E-state index contributed by atoms with van der Waals surface area (Å²) in [5.41, 5.74) is -0.751. The van der Waals surface area contributed by atoms with Crippen molar-refractivity contribution in [2.75, 3.05) is 13.1 Å². The van der Waals surface area contributed by atoms with Crippen LogP contribution in [-0.2, 0) is 9.59 Å².